The number of guanidine groups is 1. The number of carbonyl (C=O) groups is 1. The van der Waals surface area contributed by atoms with Gasteiger partial charge in [-0.2, -0.15) is 11.3 Å². The van der Waals surface area contributed by atoms with Gasteiger partial charge in [-0.15, -0.1) is 0 Å². The Kier molecular flexibility index (Phi) is 7.11. The number of nitrogens with one attached hydrogen (secondary N) is 2. The van der Waals surface area contributed by atoms with Gasteiger partial charge in [-0.25, -0.2) is 4.79 Å². The minimum atomic E-state index is -0.472. The number of hydrogen-bond donors (Lipinski definition) is 2. The SMILES string of the molecule is CCNC(=NCCc1ccsc1)N1CC[C@@H](NC(=O)OC(C)(C)C)C1. The van der Waals surface area contributed by atoms with E-state index in [-0.39, 0.29) is 12.1 Å². The molecule has 1 fully saturated rings. The van der Waals surface area contributed by atoms with Crippen LogP contribution in [0.15, 0.2) is 21.8 Å². The summed E-state index contributed by atoms with van der Waals surface area (Å²) in [5.74, 6) is 0.922. The van der Waals surface area contributed by atoms with Crippen LogP contribution in [-0.4, -0.2) is 54.8 Å². The molecule has 6 nitrogen and oxygen atoms in total. The van der Waals surface area contributed by atoms with Crippen molar-refractivity contribution in [2.75, 3.05) is 26.2 Å². The second-order valence-corrected chi connectivity index (χ2v) is 7.98. The quantitative estimate of drug-likeness (QED) is 0.621. The van der Waals surface area contributed by atoms with E-state index in [1.54, 1.807) is 11.3 Å². The smallest absolute Gasteiger partial charge is 0.407 e. The molecule has 1 aliphatic rings. The fraction of sp³-hybridized carbons (Fsp3) is 0.667. The molecule has 0 bridgehead atoms. The summed E-state index contributed by atoms with van der Waals surface area (Å²) >= 11 is 1.72. The van der Waals surface area contributed by atoms with Crippen molar-refractivity contribution in [1.29, 1.82) is 0 Å². The first-order valence-electron chi connectivity index (χ1n) is 8.91. The summed E-state index contributed by atoms with van der Waals surface area (Å²) in [5.41, 5.74) is 0.857. The van der Waals surface area contributed by atoms with Crippen molar-refractivity contribution >= 4 is 23.4 Å². The maximum atomic E-state index is 11.9. The number of rotatable bonds is 5. The summed E-state index contributed by atoms with van der Waals surface area (Å²) in [7, 11) is 0. The number of amides is 1. The second-order valence-electron chi connectivity index (χ2n) is 7.20. The van der Waals surface area contributed by atoms with Gasteiger partial charge in [0.25, 0.3) is 0 Å². The van der Waals surface area contributed by atoms with E-state index < -0.39 is 5.60 Å². The number of likely N-dealkylation sites (tertiary alicyclic amines) is 1. The Bertz CT molecular complexity index is 566. The molecule has 25 heavy (non-hydrogen) atoms. The Morgan fingerprint density at radius 3 is 2.92 bits per heavy atom. The van der Waals surface area contributed by atoms with Crippen molar-refractivity contribution < 1.29 is 9.53 Å². The Balaban J connectivity index is 1.84. The van der Waals surface area contributed by atoms with Crippen LogP contribution in [0, 0.1) is 0 Å². The summed E-state index contributed by atoms with van der Waals surface area (Å²) < 4.78 is 5.34. The third-order valence-corrected chi connectivity index (χ3v) is 4.52. The number of hydrogen-bond acceptors (Lipinski definition) is 4. The highest BCUT2D eigenvalue weighted by Gasteiger charge is 2.27. The summed E-state index contributed by atoms with van der Waals surface area (Å²) in [4.78, 5) is 18.9. The zero-order chi connectivity index (χ0) is 18.3. The monoisotopic (exact) mass is 366 g/mol. The number of alkyl carbamates (subject to hydrolysis) is 1. The first-order chi connectivity index (χ1) is 11.9. The summed E-state index contributed by atoms with van der Waals surface area (Å²) in [6.07, 6.45) is 1.50. The maximum absolute atomic E-state index is 11.9. The number of ether oxygens (including phenoxy) is 1. The predicted octanol–water partition coefficient (Wildman–Crippen LogP) is 2.86. The lowest BCUT2D eigenvalue weighted by Gasteiger charge is -2.23. The third-order valence-electron chi connectivity index (χ3n) is 3.79. The van der Waals surface area contributed by atoms with Crippen molar-refractivity contribution in [2.24, 2.45) is 4.99 Å². The van der Waals surface area contributed by atoms with E-state index >= 15 is 0 Å². The largest absolute Gasteiger partial charge is 0.444 e. The highest BCUT2D eigenvalue weighted by Crippen LogP contribution is 2.12. The first-order valence-corrected chi connectivity index (χ1v) is 9.85. The van der Waals surface area contributed by atoms with E-state index in [9.17, 15) is 4.79 Å². The molecule has 1 amide bonds. The Hall–Kier alpha value is -1.76. The normalized spacial score (nSPS) is 18.3. The average Bonchev–Trinajstić information content (AvgIpc) is 3.16. The average molecular weight is 367 g/mol. The molecule has 0 aromatic carbocycles. The molecule has 0 saturated carbocycles. The number of carbonyl (C=O) groups excluding carboxylic acids is 1. The zero-order valence-electron chi connectivity index (χ0n) is 15.7. The molecule has 2 heterocycles. The van der Waals surface area contributed by atoms with Gasteiger partial charge in [-0.1, -0.05) is 0 Å². The molecule has 2 N–H and O–H groups in total. The molecule has 1 atom stereocenters. The Labute approximate surface area is 154 Å². The molecule has 140 valence electrons. The summed E-state index contributed by atoms with van der Waals surface area (Å²) in [5, 5.41) is 10.6. The van der Waals surface area contributed by atoms with Gasteiger partial charge < -0.3 is 20.3 Å². The zero-order valence-corrected chi connectivity index (χ0v) is 16.5. The molecule has 1 saturated heterocycles. The molecule has 0 unspecified atom stereocenters. The molecule has 0 aliphatic carbocycles. The Morgan fingerprint density at radius 2 is 2.28 bits per heavy atom. The van der Waals surface area contributed by atoms with Crippen LogP contribution in [0.3, 0.4) is 0 Å². The van der Waals surface area contributed by atoms with Gasteiger partial charge in [-0.3, -0.25) is 4.99 Å². The van der Waals surface area contributed by atoms with E-state index in [0.29, 0.717) is 0 Å². The summed E-state index contributed by atoms with van der Waals surface area (Å²) in [6, 6.07) is 2.24. The van der Waals surface area contributed by atoms with E-state index in [1.807, 2.05) is 20.8 Å². The van der Waals surface area contributed by atoms with Crippen molar-refractivity contribution in [3.63, 3.8) is 0 Å². The van der Waals surface area contributed by atoms with Crippen molar-refractivity contribution in [1.82, 2.24) is 15.5 Å². The molecular formula is C18H30N4O2S. The third kappa shape index (κ3) is 6.94. The number of nitrogens with zero attached hydrogens (tertiary/aromatic N) is 2. The molecule has 1 aromatic rings. The lowest BCUT2D eigenvalue weighted by Crippen LogP contribution is -2.44. The van der Waals surface area contributed by atoms with Gasteiger partial charge in [0.2, 0.25) is 0 Å². The van der Waals surface area contributed by atoms with Crippen LogP contribution in [0.5, 0.6) is 0 Å². The number of thiophene rings is 1. The fourth-order valence-corrected chi connectivity index (χ4v) is 3.40. The van der Waals surface area contributed by atoms with Crippen molar-refractivity contribution in [2.45, 2.75) is 52.2 Å². The second kappa shape index (κ2) is 9.08. The molecular weight excluding hydrogens is 336 g/mol. The van der Waals surface area contributed by atoms with E-state index in [1.165, 1.54) is 5.56 Å². The Morgan fingerprint density at radius 1 is 1.48 bits per heavy atom. The lowest BCUT2D eigenvalue weighted by atomic mass is 10.2. The van der Waals surface area contributed by atoms with Crippen molar-refractivity contribution in [3.05, 3.63) is 22.4 Å². The van der Waals surface area contributed by atoms with Crippen LogP contribution in [0.1, 0.15) is 39.7 Å². The van der Waals surface area contributed by atoms with Gasteiger partial charge in [0.1, 0.15) is 5.60 Å². The van der Waals surface area contributed by atoms with Crippen molar-refractivity contribution in [3.8, 4) is 0 Å². The van der Waals surface area contributed by atoms with Gasteiger partial charge in [0.05, 0.1) is 6.04 Å². The number of aliphatic imine (C=N–C) groups is 1. The van der Waals surface area contributed by atoms with Gasteiger partial charge >= 0.3 is 6.09 Å². The van der Waals surface area contributed by atoms with Gasteiger partial charge in [0.15, 0.2) is 5.96 Å². The van der Waals surface area contributed by atoms with Crippen LogP contribution in [0.25, 0.3) is 0 Å². The first kappa shape index (κ1) is 19.6. The summed E-state index contributed by atoms with van der Waals surface area (Å²) in [6.45, 7) is 10.9. The molecule has 0 spiro atoms. The molecule has 0 radical (unpaired) electrons. The topological polar surface area (TPSA) is 66.0 Å². The predicted molar refractivity (Wildman–Crippen MR) is 103 cm³/mol. The maximum Gasteiger partial charge on any atom is 0.407 e. The molecule has 1 aromatic heterocycles. The highest BCUT2D eigenvalue weighted by molar-refractivity contribution is 7.07. The van der Waals surface area contributed by atoms with Crippen LogP contribution in [-0.2, 0) is 11.2 Å². The minimum absolute atomic E-state index is 0.0931. The van der Waals surface area contributed by atoms with E-state index in [2.05, 4.69) is 39.3 Å². The molecule has 2 rings (SSSR count). The minimum Gasteiger partial charge on any atom is -0.444 e. The highest BCUT2D eigenvalue weighted by atomic mass is 32.1. The van der Waals surface area contributed by atoms with E-state index in [4.69, 9.17) is 9.73 Å². The van der Waals surface area contributed by atoms with Crippen LogP contribution in [0.2, 0.25) is 0 Å². The van der Waals surface area contributed by atoms with Gasteiger partial charge in [0, 0.05) is 26.2 Å². The van der Waals surface area contributed by atoms with Crippen LogP contribution in [0.4, 0.5) is 4.79 Å². The van der Waals surface area contributed by atoms with E-state index in [0.717, 1.165) is 45.0 Å². The van der Waals surface area contributed by atoms with Crippen LogP contribution >= 0.6 is 11.3 Å². The van der Waals surface area contributed by atoms with Crippen LogP contribution < -0.4 is 10.6 Å². The lowest BCUT2D eigenvalue weighted by molar-refractivity contribution is 0.0507. The fourth-order valence-electron chi connectivity index (χ4n) is 2.70. The molecule has 7 heteroatoms. The van der Waals surface area contributed by atoms with Gasteiger partial charge in [-0.05, 0) is 62.9 Å². The standard InChI is InChI=1S/C18H30N4O2S/c1-5-19-16(20-9-6-14-8-11-25-13-14)22-10-7-15(12-22)21-17(23)24-18(2,3)4/h8,11,13,15H,5-7,9-10,12H2,1-4H3,(H,19,20)(H,21,23)/t15-/m1/s1. The molecule has 1 aliphatic heterocycles.